The fraction of sp³-hybridized carbons (Fsp3) is 0.143. The van der Waals surface area contributed by atoms with Gasteiger partial charge in [-0.05, 0) is 54.8 Å². The van der Waals surface area contributed by atoms with Crippen LogP contribution in [0.3, 0.4) is 0 Å². The van der Waals surface area contributed by atoms with Crippen molar-refractivity contribution in [3.63, 3.8) is 0 Å². The van der Waals surface area contributed by atoms with Gasteiger partial charge < -0.3 is 14.5 Å². The number of hydrogen-bond donors (Lipinski definition) is 1. The minimum atomic E-state index is 0.312. The lowest BCUT2D eigenvalue weighted by Gasteiger charge is -2.05. The van der Waals surface area contributed by atoms with Crippen LogP contribution in [0, 0.1) is 0 Å². The zero-order chi connectivity index (χ0) is 19.2. The normalized spacial score (nSPS) is 10.6. The summed E-state index contributed by atoms with van der Waals surface area (Å²) in [7, 11) is 1.62. The Morgan fingerprint density at radius 2 is 1.86 bits per heavy atom. The molecule has 1 aromatic carbocycles. The molecule has 0 atom stereocenters. The lowest BCUT2D eigenvalue weighted by molar-refractivity contribution is 0.415. The minimum Gasteiger partial charge on any atom is -0.497 e. The number of hydrogen-bond acceptors (Lipinski definition) is 7. The van der Waals surface area contributed by atoms with E-state index in [2.05, 4.69) is 25.5 Å². The summed E-state index contributed by atoms with van der Waals surface area (Å²) in [6.45, 7) is 0. The molecule has 0 radical (unpaired) electrons. The maximum Gasteiger partial charge on any atom is 0.320 e. The number of methoxy groups -OCH3 is 1. The summed E-state index contributed by atoms with van der Waals surface area (Å²) in [4.78, 5) is 8.56. The van der Waals surface area contributed by atoms with Crippen molar-refractivity contribution in [2.24, 2.45) is 0 Å². The predicted molar refractivity (Wildman–Crippen MR) is 105 cm³/mol. The van der Waals surface area contributed by atoms with Crippen molar-refractivity contribution in [2.45, 2.75) is 12.8 Å². The average Bonchev–Trinajstić information content (AvgIpc) is 3.21. The van der Waals surface area contributed by atoms with Crippen molar-refractivity contribution >= 4 is 11.7 Å². The second-order valence-electron chi connectivity index (χ2n) is 6.12. The van der Waals surface area contributed by atoms with Gasteiger partial charge in [-0.25, -0.2) is 0 Å². The zero-order valence-corrected chi connectivity index (χ0v) is 15.4. The van der Waals surface area contributed by atoms with Crippen LogP contribution in [-0.2, 0) is 12.8 Å². The molecule has 3 aromatic heterocycles. The molecule has 0 bridgehead atoms. The van der Waals surface area contributed by atoms with E-state index in [1.165, 1.54) is 5.56 Å². The van der Waals surface area contributed by atoms with E-state index in [9.17, 15) is 0 Å². The molecule has 0 aliphatic heterocycles. The summed E-state index contributed by atoms with van der Waals surface area (Å²) >= 11 is 0. The molecule has 0 fully saturated rings. The van der Waals surface area contributed by atoms with E-state index < -0.39 is 0 Å². The fourth-order valence-corrected chi connectivity index (χ4v) is 2.85. The molecule has 4 aromatic rings. The number of nitrogens with one attached hydrogen (secondary N) is 1. The lowest BCUT2D eigenvalue weighted by Crippen LogP contribution is -1.97. The Bertz CT molecular complexity index is 1050. The highest BCUT2D eigenvalue weighted by atomic mass is 16.5. The van der Waals surface area contributed by atoms with E-state index in [0.29, 0.717) is 11.9 Å². The largest absolute Gasteiger partial charge is 0.497 e. The Labute approximate surface area is 162 Å². The van der Waals surface area contributed by atoms with Crippen LogP contribution >= 0.6 is 0 Å². The lowest BCUT2D eigenvalue weighted by atomic mass is 10.1. The van der Waals surface area contributed by atoms with Crippen molar-refractivity contribution in [1.29, 1.82) is 0 Å². The van der Waals surface area contributed by atoms with Crippen LogP contribution in [-0.4, -0.2) is 27.3 Å². The first-order chi connectivity index (χ1) is 13.8. The number of aryl methyl sites for hydroxylation is 2. The van der Waals surface area contributed by atoms with Crippen LogP contribution in [0.25, 0.3) is 11.5 Å². The second kappa shape index (κ2) is 8.30. The fourth-order valence-electron chi connectivity index (χ4n) is 2.85. The summed E-state index contributed by atoms with van der Waals surface area (Å²) in [5.74, 6) is 1.18. The third-order valence-electron chi connectivity index (χ3n) is 4.27. The Hall–Kier alpha value is -3.74. The number of aromatic nitrogens is 4. The molecule has 4 rings (SSSR count). The Balaban J connectivity index is 1.52. The van der Waals surface area contributed by atoms with Crippen LogP contribution in [0.15, 0.2) is 71.5 Å². The summed E-state index contributed by atoms with van der Waals surface area (Å²) in [6.07, 6.45) is 6.99. The van der Waals surface area contributed by atoms with Crippen molar-refractivity contribution in [2.75, 3.05) is 12.4 Å². The van der Waals surface area contributed by atoms with Gasteiger partial charge in [0.2, 0.25) is 0 Å². The molecule has 0 amide bonds. The van der Waals surface area contributed by atoms with Crippen LogP contribution in [0.2, 0.25) is 0 Å². The summed E-state index contributed by atoms with van der Waals surface area (Å²) in [6, 6.07) is 15.6. The van der Waals surface area contributed by atoms with Gasteiger partial charge >= 0.3 is 6.01 Å². The number of rotatable bonds is 7. The zero-order valence-electron chi connectivity index (χ0n) is 15.4. The maximum absolute atomic E-state index is 5.82. The molecule has 1 N–H and O–H groups in total. The second-order valence-corrected chi connectivity index (χ2v) is 6.12. The van der Waals surface area contributed by atoms with Crippen molar-refractivity contribution in [3.8, 4) is 17.2 Å². The molecule has 0 aliphatic carbocycles. The summed E-state index contributed by atoms with van der Waals surface area (Å²) in [5.41, 5.74) is 3.76. The summed E-state index contributed by atoms with van der Waals surface area (Å²) in [5, 5.41) is 11.4. The third-order valence-corrected chi connectivity index (χ3v) is 4.27. The quantitative estimate of drug-likeness (QED) is 0.523. The number of nitrogens with zero attached hydrogens (tertiary/aromatic N) is 4. The monoisotopic (exact) mass is 373 g/mol. The molecule has 0 unspecified atom stereocenters. The van der Waals surface area contributed by atoms with E-state index in [4.69, 9.17) is 9.15 Å². The Morgan fingerprint density at radius 1 is 0.964 bits per heavy atom. The highest BCUT2D eigenvalue weighted by Gasteiger charge is 2.14. The van der Waals surface area contributed by atoms with Crippen LogP contribution in [0.4, 0.5) is 11.7 Å². The van der Waals surface area contributed by atoms with E-state index >= 15 is 0 Å². The SMILES string of the molecule is COc1cccc(Nc2nnc(-c3cccnc3CCc3ccncc3)o2)c1. The summed E-state index contributed by atoms with van der Waals surface area (Å²) < 4.78 is 11.0. The van der Waals surface area contributed by atoms with Gasteiger partial charge in [0.05, 0.1) is 18.4 Å². The molecule has 0 aliphatic rings. The van der Waals surface area contributed by atoms with E-state index in [-0.39, 0.29) is 0 Å². The van der Waals surface area contributed by atoms with Gasteiger partial charge in [-0.2, -0.15) is 0 Å². The smallest absolute Gasteiger partial charge is 0.320 e. The van der Waals surface area contributed by atoms with E-state index in [1.54, 1.807) is 25.7 Å². The number of ether oxygens (including phenoxy) is 1. The molecule has 7 heteroatoms. The van der Waals surface area contributed by atoms with Gasteiger partial charge in [0.15, 0.2) is 0 Å². The van der Waals surface area contributed by atoms with E-state index in [0.717, 1.165) is 35.5 Å². The highest BCUT2D eigenvalue weighted by Crippen LogP contribution is 2.26. The molecule has 0 saturated carbocycles. The van der Waals surface area contributed by atoms with Crippen LogP contribution in [0.5, 0.6) is 5.75 Å². The van der Waals surface area contributed by atoms with Gasteiger partial charge in [-0.1, -0.05) is 11.2 Å². The molecular formula is C21H19N5O2. The van der Waals surface area contributed by atoms with Gasteiger partial charge in [-0.3, -0.25) is 9.97 Å². The Kier molecular flexibility index (Phi) is 5.24. The first-order valence-corrected chi connectivity index (χ1v) is 8.89. The maximum atomic E-state index is 5.82. The molecule has 28 heavy (non-hydrogen) atoms. The number of anilines is 2. The molecule has 7 nitrogen and oxygen atoms in total. The number of pyridine rings is 2. The van der Waals surface area contributed by atoms with Gasteiger partial charge in [0.1, 0.15) is 5.75 Å². The predicted octanol–water partition coefficient (Wildman–Crippen LogP) is 4.06. The minimum absolute atomic E-state index is 0.312. The first kappa shape index (κ1) is 17.7. The highest BCUT2D eigenvalue weighted by molar-refractivity contribution is 5.59. The molecule has 0 saturated heterocycles. The van der Waals surface area contributed by atoms with Gasteiger partial charge in [0, 0.05) is 30.3 Å². The standard InChI is InChI=1S/C21H19N5O2/c1-27-17-5-2-4-16(14-17)24-21-26-25-20(28-21)18-6-3-11-23-19(18)8-7-15-9-12-22-13-10-15/h2-6,9-14H,7-8H2,1H3,(H,24,26). The van der Waals surface area contributed by atoms with Crippen molar-refractivity contribution in [1.82, 2.24) is 20.2 Å². The third kappa shape index (κ3) is 4.15. The molecule has 0 spiro atoms. The van der Waals surface area contributed by atoms with Crippen LogP contribution < -0.4 is 10.1 Å². The van der Waals surface area contributed by atoms with E-state index in [1.807, 2.05) is 48.5 Å². The topological polar surface area (TPSA) is 86.0 Å². The van der Waals surface area contributed by atoms with Crippen molar-refractivity contribution < 1.29 is 9.15 Å². The molecule has 3 heterocycles. The molecular weight excluding hydrogens is 354 g/mol. The van der Waals surface area contributed by atoms with Crippen LogP contribution in [0.1, 0.15) is 11.3 Å². The van der Waals surface area contributed by atoms with Crippen molar-refractivity contribution in [3.05, 3.63) is 78.4 Å². The number of benzene rings is 1. The molecule has 140 valence electrons. The van der Waals surface area contributed by atoms with Gasteiger partial charge in [-0.15, -0.1) is 5.10 Å². The Morgan fingerprint density at radius 3 is 2.71 bits per heavy atom. The average molecular weight is 373 g/mol. The van der Waals surface area contributed by atoms with Gasteiger partial charge in [0.25, 0.3) is 5.89 Å². The first-order valence-electron chi connectivity index (χ1n) is 8.89.